The van der Waals surface area contributed by atoms with E-state index in [4.69, 9.17) is 0 Å². The molecule has 0 atom stereocenters. The Bertz CT molecular complexity index is 631. The van der Waals surface area contributed by atoms with Gasteiger partial charge in [-0.2, -0.15) is 4.39 Å². The highest BCUT2D eigenvalue weighted by Gasteiger charge is 2.34. The van der Waals surface area contributed by atoms with Crippen LogP contribution < -0.4 is 10.5 Å². The number of nitrogens with zero attached hydrogens (tertiary/aromatic N) is 3. The Hall–Kier alpha value is -1.92. The molecule has 2 fully saturated rings. The highest BCUT2D eigenvalue weighted by molar-refractivity contribution is 5.81. The summed E-state index contributed by atoms with van der Waals surface area (Å²) in [4.78, 5) is 34.3. The molecule has 1 saturated heterocycles. The number of hydrogen-bond acceptors (Lipinski definition) is 4. The molecule has 0 aromatic carbocycles. The Labute approximate surface area is 128 Å². The Morgan fingerprint density at radius 2 is 1.91 bits per heavy atom. The number of rotatable bonds is 3. The highest BCUT2D eigenvalue weighted by atomic mass is 19.1. The molecule has 0 spiro atoms. The van der Waals surface area contributed by atoms with E-state index in [1.165, 1.54) is 0 Å². The number of aromatic amines is 1. The van der Waals surface area contributed by atoms with Crippen molar-refractivity contribution in [2.75, 3.05) is 31.1 Å². The maximum absolute atomic E-state index is 13.8. The summed E-state index contributed by atoms with van der Waals surface area (Å²) >= 11 is 0. The third kappa shape index (κ3) is 2.84. The van der Waals surface area contributed by atoms with Crippen molar-refractivity contribution in [3.8, 4) is 0 Å². The van der Waals surface area contributed by atoms with Crippen LogP contribution in [0.3, 0.4) is 0 Å². The molecule has 1 aromatic rings. The van der Waals surface area contributed by atoms with Gasteiger partial charge in [-0.1, -0.05) is 13.8 Å². The number of aromatic nitrogens is 2. The summed E-state index contributed by atoms with van der Waals surface area (Å²) in [5.41, 5.74) is -0.541. The molecule has 1 N–H and O–H groups in total. The van der Waals surface area contributed by atoms with Crippen molar-refractivity contribution in [3.63, 3.8) is 0 Å². The SMILES string of the molecule is CC(C)c1nc(N2CCN(C(=O)C3CC3)CC2)[nH]c(=O)c1F. The number of nitrogens with one attached hydrogen (secondary N) is 1. The van der Waals surface area contributed by atoms with E-state index in [9.17, 15) is 14.0 Å². The lowest BCUT2D eigenvalue weighted by atomic mass is 10.1. The fourth-order valence-corrected chi connectivity index (χ4v) is 2.72. The molecule has 6 nitrogen and oxygen atoms in total. The third-order valence-electron chi connectivity index (χ3n) is 4.24. The number of amides is 1. The van der Waals surface area contributed by atoms with Crippen molar-refractivity contribution in [2.24, 2.45) is 5.92 Å². The number of carbonyl (C=O) groups is 1. The van der Waals surface area contributed by atoms with Crippen LogP contribution in [0.15, 0.2) is 4.79 Å². The smallest absolute Gasteiger partial charge is 0.288 e. The van der Waals surface area contributed by atoms with Gasteiger partial charge >= 0.3 is 0 Å². The minimum absolute atomic E-state index is 0.154. The minimum atomic E-state index is -0.804. The van der Waals surface area contributed by atoms with Crippen LogP contribution in [0.2, 0.25) is 0 Å². The summed E-state index contributed by atoms with van der Waals surface area (Å²) in [6.45, 7) is 6.05. The first-order valence-corrected chi connectivity index (χ1v) is 7.81. The first-order valence-electron chi connectivity index (χ1n) is 7.81. The fourth-order valence-electron chi connectivity index (χ4n) is 2.72. The van der Waals surface area contributed by atoms with Gasteiger partial charge in [-0.3, -0.25) is 14.6 Å². The minimum Gasteiger partial charge on any atom is -0.339 e. The molecule has 0 bridgehead atoms. The van der Waals surface area contributed by atoms with E-state index in [1.807, 2.05) is 9.80 Å². The second-order valence-corrected chi connectivity index (χ2v) is 6.33. The van der Waals surface area contributed by atoms with Crippen LogP contribution in [-0.2, 0) is 4.79 Å². The molecule has 2 aliphatic rings. The Morgan fingerprint density at radius 3 is 2.45 bits per heavy atom. The van der Waals surface area contributed by atoms with E-state index in [2.05, 4.69) is 9.97 Å². The van der Waals surface area contributed by atoms with Gasteiger partial charge in [-0.05, 0) is 18.8 Å². The van der Waals surface area contributed by atoms with Crippen molar-refractivity contribution < 1.29 is 9.18 Å². The van der Waals surface area contributed by atoms with Crippen LogP contribution >= 0.6 is 0 Å². The average molecular weight is 308 g/mol. The van der Waals surface area contributed by atoms with Crippen LogP contribution in [-0.4, -0.2) is 47.0 Å². The molecule has 7 heteroatoms. The number of carbonyl (C=O) groups excluding carboxylic acids is 1. The number of H-pyrrole nitrogens is 1. The maximum atomic E-state index is 13.8. The van der Waals surface area contributed by atoms with Crippen molar-refractivity contribution >= 4 is 11.9 Å². The predicted molar refractivity (Wildman–Crippen MR) is 80.4 cm³/mol. The number of piperazine rings is 1. The maximum Gasteiger partial charge on any atom is 0.288 e. The van der Waals surface area contributed by atoms with Gasteiger partial charge in [0.2, 0.25) is 17.7 Å². The summed E-state index contributed by atoms with van der Waals surface area (Å²) in [5, 5.41) is 0. The molecule has 1 amide bonds. The molecule has 2 heterocycles. The molecule has 1 saturated carbocycles. The van der Waals surface area contributed by atoms with E-state index in [-0.39, 0.29) is 23.4 Å². The van der Waals surface area contributed by atoms with Gasteiger partial charge in [0, 0.05) is 32.1 Å². The van der Waals surface area contributed by atoms with Crippen molar-refractivity contribution in [1.29, 1.82) is 0 Å². The zero-order valence-corrected chi connectivity index (χ0v) is 12.9. The number of anilines is 1. The van der Waals surface area contributed by atoms with Gasteiger partial charge in [0.1, 0.15) is 0 Å². The third-order valence-corrected chi connectivity index (χ3v) is 4.24. The van der Waals surface area contributed by atoms with Crippen LogP contribution in [0, 0.1) is 11.7 Å². The van der Waals surface area contributed by atoms with Crippen LogP contribution in [0.5, 0.6) is 0 Å². The summed E-state index contributed by atoms with van der Waals surface area (Å²) in [6.07, 6.45) is 2.01. The lowest BCUT2D eigenvalue weighted by molar-refractivity contribution is -0.132. The molecule has 1 aliphatic carbocycles. The monoisotopic (exact) mass is 308 g/mol. The van der Waals surface area contributed by atoms with E-state index in [1.54, 1.807) is 13.8 Å². The normalized spacial score (nSPS) is 18.9. The fraction of sp³-hybridized carbons (Fsp3) is 0.667. The Morgan fingerprint density at radius 1 is 1.27 bits per heavy atom. The van der Waals surface area contributed by atoms with Gasteiger partial charge in [-0.15, -0.1) is 0 Å². The molecule has 0 radical (unpaired) electrons. The van der Waals surface area contributed by atoms with Crippen LogP contribution in [0.4, 0.5) is 10.3 Å². The molecule has 1 aromatic heterocycles. The Kier molecular flexibility index (Phi) is 3.88. The van der Waals surface area contributed by atoms with Gasteiger partial charge in [-0.25, -0.2) is 4.98 Å². The lowest BCUT2D eigenvalue weighted by Crippen LogP contribution is -2.50. The molecule has 22 heavy (non-hydrogen) atoms. The molecule has 1 aliphatic heterocycles. The van der Waals surface area contributed by atoms with Gasteiger partial charge < -0.3 is 9.80 Å². The van der Waals surface area contributed by atoms with Gasteiger partial charge in [0.25, 0.3) is 5.56 Å². The lowest BCUT2D eigenvalue weighted by Gasteiger charge is -2.35. The van der Waals surface area contributed by atoms with E-state index < -0.39 is 11.4 Å². The molecular weight excluding hydrogens is 287 g/mol. The highest BCUT2D eigenvalue weighted by Crippen LogP contribution is 2.31. The van der Waals surface area contributed by atoms with Crippen molar-refractivity contribution in [1.82, 2.24) is 14.9 Å². The van der Waals surface area contributed by atoms with Crippen LogP contribution in [0.25, 0.3) is 0 Å². The summed E-state index contributed by atoms with van der Waals surface area (Å²) in [5.74, 6) is -0.0976. The average Bonchev–Trinajstić information content (AvgIpc) is 3.34. The molecule has 3 rings (SSSR count). The topological polar surface area (TPSA) is 69.3 Å². The predicted octanol–water partition coefficient (Wildman–Crippen LogP) is 1.09. The summed E-state index contributed by atoms with van der Waals surface area (Å²) in [6, 6.07) is 0. The molecule has 0 unspecified atom stereocenters. The van der Waals surface area contributed by atoms with Crippen molar-refractivity contribution in [3.05, 3.63) is 21.9 Å². The van der Waals surface area contributed by atoms with Crippen molar-refractivity contribution in [2.45, 2.75) is 32.6 Å². The first kappa shape index (κ1) is 15.0. The van der Waals surface area contributed by atoms with E-state index in [0.29, 0.717) is 32.1 Å². The summed E-state index contributed by atoms with van der Waals surface area (Å²) < 4.78 is 13.8. The second-order valence-electron chi connectivity index (χ2n) is 6.33. The Balaban J connectivity index is 1.73. The van der Waals surface area contributed by atoms with E-state index in [0.717, 1.165) is 12.8 Å². The van der Waals surface area contributed by atoms with E-state index >= 15 is 0 Å². The quantitative estimate of drug-likeness (QED) is 0.907. The first-order chi connectivity index (χ1) is 10.5. The zero-order valence-electron chi connectivity index (χ0n) is 12.9. The largest absolute Gasteiger partial charge is 0.339 e. The standard InChI is InChI=1S/C15H21FN4O2/c1-9(2)12-11(16)13(21)18-15(17-12)20-7-5-19(6-8-20)14(22)10-3-4-10/h9-10H,3-8H2,1-2H3,(H,17,18,21). The molecule has 120 valence electrons. The summed E-state index contributed by atoms with van der Waals surface area (Å²) in [7, 11) is 0. The molecular formula is C15H21FN4O2. The zero-order chi connectivity index (χ0) is 15.9. The number of halogens is 1. The van der Waals surface area contributed by atoms with Gasteiger partial charge in [0.05, 0.1) is 5.69 Å². The van der Waals surface area contributed by atoms with Crippen LogP contribution in [0.1, 0.15) is 38.3 Å². The second kappa shape index (κ2) is 5.70. The number of hydrogen-bond donors (Lipinski definition) is 1. The van der Waals surface area contributed by atoms with Gasteiger partial charge in [0.15, 0.2) is 0 Å².